The molecule has 0 aliphatic carbocycles. The van der Waals surface area contributed by atoms with Crippen LogP contribution in [0.5, 0.6) is 0 Å². The number of para-hydroxylation sites is 2. The second kappa shape index (κ2) is 4.71. The van der Waals surface area contributed by atoms with E-state index in [4.69, 9.17) is 9.68 Å². The fourth-order valence-electron chi connectivity index (χ4n) is 2.28. The molecule has 98 valence electrons. The van der Waals surface area contributed by atoms with Gasteiger partial charge in [0.15, 0.2) is 5.58 Å². The zero-order valence-electron chi connectivity index (χ0n) is 11.0. The molecule has 0 bridgehead atoms. The number of benzene rings is 2. The molecule has 4 nitrogen and oxygen atoms in total. The van der Waals surface area contributed by atoms with Gasteiger partial charge in [0, 0.05) is 0 Å². The normalized spacial score (nSPS) is 10.6. The molecule has 1 heterocycles. The maximum Gasteiger partial charge on any atom is 0.420 e. The molecule has 0 amide bonds. The van der Waals surface area contributed by atoms with Crippen LogP contribution in [0.2, 0.25) is 0 Å². The lowest BCUT2D eigenvalue weighted by Crippen LogP contribution is -2.15. The largest absolute Gasteiger partial charge is 0.420 e. The average molecular weight is 264 g/mol. The van der Waals surface area contributed by atoms with Crippen molar-refractivity contribution in [3.8, 4) is 6.07 Å². The van der Waals surface area contributed by atoms with Crippen molar-refractivity contribution >= 4 is 11.1 Å². The molecule has 0 saturated heterocycles. The Hall–Kier alpha value is -2.80. The van der Waals surface area contributed by atoms with Gasteiger partial charge in [0.05, 0.1) is 23.7 Å². The van der Waals surface area contributed by atoms with Crippen LogP contribution < -0.4 is 5.76 Å². The van der Waals surface area contributed by atoms with E-state index in [0.717, 1.165) is 16.6 Å². The number of fused-ring (bicyclic) bond motifs is 1. The molecule has 2 aromatic carbocycles. The highest BCUT2D eigenvalue weighted by Gasteiger charge is 2.10. The van der Waals surface area contributed by atoms with Crippen LogP contribution >= 0.6 is 0 Å². The van der Waals surface area contributed by atoms with Crippen molar-refractivity contribution in [1.29, 1.82) is 5.26 Å². The molecule has 0 aliphatic rings. The van der Waals surface area contributed by atoms with Gasteiger partial charge in [-0.15, -0.1) is 0 Å². The molecule has 0 atom stereocenters. The van der Waals surface area contributed by atoms with E-state index in [2.05, 4.69) is 6.07 Å². The van der Waals surface area contributed by atoms with Crippen LogP contribution in [-0.2, 0) is 6.54 Å². The molecule has 4 heteroatoms. The smallest absolute Gasteiger partial charge is 0.408 e. The Morgan fingerprint density at radius 3 is 2.80 bits per heavy atom. The Bertz CT molecular complexity index is 881. The summed E-state index contributed by atoms with van der Waals surface area (Å²) in [6.07, 6.45) is 0. The third-order valence-electron chi connectivity index (χ3n) is 3.37. The molecule has 0 fully saturated rings. The number of hydrogen-bond donors (Lipinski definition) is 0. The fourth-order valence-corrected chi connectivity index (χ4v) is 2.28. The van der Waals surface area contributed by atoms with Gasteiger partial charge in [0.25, 0.3) is 0 Å². The van der Waals surface area contributed by atoms with Gasteiger partial charge < -0.3 is 4.42 Å². The summed E-state index contributed by atoms with van der Waals surface area (Å²) >= 11 is 0. The maximum atomic E-state index is 11.9. The van der Waals surface area contributed by atoms with E-state index in [1.54, 1.807) is 16.7 Å². The number of nitrogens with zero attached hydrogens (tertiary/aromatic N) is 2. The molecular weight excluding hydrogens is 252 g/mol. The Morgan fingerprint density at radius 1 is 1.25 bits per heavy atom. The summed E-state index contributed by atoms with van der Waals surface area (Å²) in [6, 6.07) is 14.9. The molecule has 0 N–H and O–H groups in total. The van der Waals surface area contributed by atoms with E-state index in [-0.39, 0.29) is 5.76 Å². The van der Waals surface area contributed by atoms with E-state index >= 15 is 0 Å². The van der Waals surface area contributed by atoms with Crippen LogP contribution in [0, 0.1) is 18.3 Å². The first kappa shape index (κ1) is 12.2. The summed E-state index contributed by atoms with van der Waals surface area (Å²) in [6.45, 7) is 2.37. The van der Waals surface area contributed by atoms with Crippen LogP contribution in [0.15, 0.2) is 51.7 Å². The van der Waals surface area contributed by atoms with E-state index in [9.17, 15) is 4.79 Å². The predicted molar refractivity (Wildman–Crippen MR) is 75.5 cm³/mol. The third-order valence-corrected chi connectivity index (χ3v) is 3.37. The highest BCUT2D eigenvalue weighted by molar-refractivity contribution is 5.72. The van der Waals surface area contributed by atoms with Gasteiger partial charge >= 0.3 is 5.76 Å². The zero-order valence-corrected chi connectivity index (χ0v) is 11.0. The van der Waals surface area contributed by atoms with Gasteiger partial charge in [0.2, 0.25) is 0 Å². The first-order chi connectivity index (χ1) is 9.69. The molecule has 3 rings (SSSR count). The Labute approximate surface area is 115 Å². The van der Waals surface area contributed by atoms with Gasteiger partial charge in [-0.3, -0.25) is 4.57 Å². The maximum absolute atomic E-state index is 11.9. The summed E-state index contributed by atoms with van der Waals surface area (Å²) in [5.41, 5.74) is 3.97. The Kier molecular flexibility index (Phi) is 2.88. The van der Waals surface area contributed by atoms with Crippen molar-refractivity contribution < 1.29 is 4.42 Å². The molecule has 20 heavy (non-hydrogen) atoms. The standard InChI is InChI=1S/C16H12N2O2/c1-11-8-12(9-17)6-7-13(11)10-18-14-4-2-3-5-15(14)20-16(18)19/h2-8H,10H2,1H3. The predicted octanol–water partition coefficient (Wildman–Crippen LogP) is 2.82. The zero-order chi connectivity index (χ0) is 14.1. The van der Waals surface area contributed by atoms with Crippen LogP contribution in [-0.4, -0.2) is 4.57 Å². The monoisotopic (exact) mass is 264 g/mol. The first-order valence-electron chi connectivity index (χ1n) is 6.27. The van der Waals surface area contributed by atoms with E-state index in [1.165, 1.54) is 0 Å². The number of aryl methyl sites for hydroxylation is 1. The van der Waals surface area contributed by atoms with E-state index < -0.39 is 0 Å². The number of oxazole rings is 1. The van der Waals surface area contributed by atoms with Crippen molar-refractivity contribution in [2.75, 3.05) is 0 Å². The van der Waals surface area contributed by atoms with Gasteiger partial charge in [-0.25, -0.2) is 4.79 Å². The summed E-state index contributed by atoms with van der Waals surface area (Å²) < 4.78 is 6.81. The van der Waals surface area contributed by atoms with Crippen molar-refractivity contribution in [2.45, 2.75) is 13.5 Å². The minimum Gasteiger partial charge on any atom is -0.408 e. The van der Waals surface area contributed by atoms with Crippen LogP contribution in [0.25, 0.3) is 11.1 Å². The van der Waals surface area contributed by atoms with Gasteiger partial charge in [-0.2, -0.15) is 5.26 Å². The van der Waals surface area contributed by atoms with E-state index in [1.807, 2.05) is 37.3 Å². The van der Waals surface area contributed by atoms with Crippen molar-refractivity contribution in [3.05, 3.63) is 69.7 Å². The topological polar surface area (TPSA) is 58.9 Å². The number of aromatic nitrogens is 1. The summed E-state index contributed by atoms with van der Waals surface area (Å²) in [5, 5.41) is 8.87. The van der Waals surface area contributed by atoms with E-state index in [0.29, 0.717) is 17.7 Å². The quantitative estimate of drug-likeness (QED) is 0.715. The average Bonchev–Trinajstić information content (AvgIpc) is 2.77. The molecule has 0 unspecified atom stereocenters. The minimum absolute atomic E-state index is 0.366. The number of hydrogen-bond acceptors (Lipinski definition) is 3. The van der Waals surface area contributed by atoms with Gasteiger partial charge in [0.1, 0.15) is 0 Å². The lowest BCUT2D eigenvalue weighted by Gasteiger charge is -2.06. The summed E-state index contributed by atoms with van der Waals surface area (Å²) in [7, 11) is 0. The van der Waals surface area contributed by atoms with Crippen molar-refractivity contribution in [1.82, 2.24) is 4.57 Å². The molecule has 1 aromatic heterocycles. The van der Waals surface area contributed by atoms with Crippen LogP contribution in [0.4, 0.5) is 0 Å². The molecular formula is C16H12N2O2. The first-order valence-corrected chi connectivity index (χ1v) is 6.27. The second-order valence-electron chi connectivity index (χ2n) is 4.67. The Balaban J connectivity index is 2.08. The van der Waals surface area contributed by atoms with Crippen molar-refractivity contribution in [3.63, 3.8) is 0 Å². The second-order valence-corrected chi connectivity index (χ2v) is 4.67. The highest BCUT2D eigenvalue weighted by Crippen LogP contribution is 2.16. The van der Waals surface area contributed by atoms with Crippen LogP contribution in [0.3, 0.4) is 0 Å². The molecule has 0 spiro atoms. The SMILES string of the molecule is Cc1cc(C#N)ccc1Cn1c(=O)oc2ccccc21. The molecule has 0 aliphatic heterocycles. The highest BCUT2D eigenvalue weighted by atomic mass is 16.4. The Morgan fingerprint density at radius 2 is 2.05 bits per heavy atom. The molecule has 0 radical (unpaired) electrons. The summed E-state index contributed by atoms with van der Waals surface area (Å²) in [4.78, 5) is 11.9. The van der Waals surface area contributed by atoms with Gasteiger partial charge in [-0.05, 0) is 42.3 Å². The molecule has 0 saturated carbocycles. The van der Waals surface area contributed by atoms with Crippen molar-refractivity contribution in [2.24, 2.45) is 0 Å². The lowest BCUT2D eigenvalue weighted by molar-refractivity contribution is 0.517. The molecule has 3 aromatic rings. The minimum atomic E-state index is -0.366. The van der Waals surface area contributed by atoms with Crippen LogP contribution in [0.1, 0.15) is 16.7 Å². The number of rotatable bonds is 2. The summed E-state index contributed by atoms with van der Waals surface area (Å²) in [5.74, 6) is -0.366. The fraction of sp³-hybridized carbons (Fsp3) is 0.125. The lowest BCUT2D eigenvalue weighted by atomic mass is 10.1. The number of nitriles is 1. The third kappa shape index (κ3) is 1.99. The van der Waals surface area contributed by atoms with Gasteiger partial charge in [-0.1, -0.05) is 18.2 Å².